The van der Waals surface area contributed by atoms with Gasteiger partial charge in [-0.15, -0.1) is 0 Å². The van der Waals surface area contributed by atoms with E-state index in [1.54, 1.807) is 27.2 Å². The second-order valence-electron chi connectivity index (χ2n) is 4.56. The minimum atomic E-state index is -0.283. The van der Waals surface area contributed by atoms with E-state index in [1.807, 2.05) is 19.1 Å². The molecule has 0 aliphatic rings. The van der Waals surface area contributed by atoms with Gasteiger partial charge < -0.3 is 19.2 Å². The van der Waals surface area contributed by atoms with Crippen molar-refractivity contribution in [1.29, 1.82) is 0 Å². The largest absolute Gasteiger partial charge is 0.493 e. The van der Waals surface area contributed by atoms with E-state index in [0.717, 1.165) is 5.56 Å². The number of nitrogens with zero attached hydrogens (tertiary/aromatic N) is 1. The quantitative estimate of drug-likeness (QED) is 0.915. The number of amides is 1. The monoisotopic (exact) mass is 290 g/mol. The normalized spacial score (nSPS) is 11.8. The van der Waals surface area contributed by atoms with Crippen LogP contribution in [0.5, 0.6) is 11.5 Å². The molecule has 0 fully saturated rings. The number of hydrogen-bond donors (Lipinski definition) is 1. The van der Waals surface area contributed by atoms with Gasteiger partial charge in [0.2, 0.25) is 0 Å². The highest BCUT2D eigenvalue weighted by Gasteiger charge is 2.16. The molecule has 2 aromatic rings. The molecular weight excluding hydrogens is 272 g/mol. The Bertz CT molecular complexity index is 636. The first-order chi connectivity index (χ1) is 10.0. The molecule has 112 valence electrons. The van der Waals surface area contributed by atoms with Crippen molar-refractivity contribution in [3.8, 4) is 11.5 Å². The molecule has 0 saturated carbocycles. The summed E-state index contributed by atoms with van der Waals surface area (Å²) in [6.45, 7) is 3.57. The van der Waals surface area contributed by atoms with Crippen molar-refractivity contribution < 1.29 is 18.7 Å². The van der Waals surface area contributed by atoms with Crippen molar-refractivity contribution >= 4 is 5.91 Å². The van der Waals surface area contributed by atoms with Crippen LogP contribution in [-0.4, -0.2) is 25.1 Å². The summed E-state index contributed by atoms with van der Waals surface area (Å²) in [5, 5.41) is 2.86. The molecule has 0 aliphatic carbocycles. The predicted molar refractivity (Wildman–Crippen MR) is 76.7 cm³/mol. The lowest BCUT2D eigenvalue weighted by Crippen LogP contribution is -2.26. The van der Waals surface area contributed by atoms with Gasteiger partial charge in [0.05, 0.1) is 20.3 Å². The standard InChI is InChI=1S/C15H18N2O4/c1-9(16-15(18)12-8-21-10(2)17-12)11-5-6-13(19-3)14(7-11)20-4/h5-9H,1-4H3,(H,16,18)/t9-/m0/s1. The highest BCUT2D eigenvalue weighted by molar-refractivity contribution is 5.92. The Morgan fingerprint density at radius 2 is 2.00 bits per heavy atom. The summed E-state index contributed by atoms with van der Waals surface area (Å²) in [7, 11) is 3.15. The highest BCUT2D eigenvalue weighted by Crippen LogP contribution is 2.29. The molecule has 0 aliphatic heterocycles. The molecule has 21 heavy (non-hydrogen) atoms. The van der Waals surface area contributed by atoms with Crippen LogP contribution in [0, 0.1) is 6.92 Å². The SMILES string of the molecule is COc1ccc([C@H](C)NC(=O)c2coc(C)n2)cc1OC. The first-order valence-corrected chi connectivity index (χ1v) is 6.50. The maximum Gasteiger partial charge on any atom is 0.273 e. The molecule has 2 rings (SSSR count). The average Bonchev–Trinajstić information content (AvgIpc) is 2.93. The zero-order chi connectivity index (χ0) is 15.4. The molecule has 6 nitrogen and oxygen atoms in total. The Morgan fingerprint density at radius 1 is 1.29 bits per heavy atom. The molecule has 1 atom stereocenters. The molecule has 0 bridgehead atoms. The topological polar surface area (TPSA) is 73.6 Å². The number of methoxy groups -OCH3 is 2. The van der Waals surface area contributed by atoms with Crippen molar-refractivity contribution in [2.45, 2.75) is 19.9 Å². The van der Waals surface area contributed by atoms with E-state index < -0.39 is 0 Å². The number of benzene rings is 1. The third kappa shape index (κ3) is 3.34. The molecule has 6 heteroatoms. The lowest BCUT2D eigenvalue weighted by Gasteiger charge is -2.15. The number of aromatic nitrogens is 1. The minimum Gasteiger partial charge on any atom is -0.493 e. The lowest BCUT2D eigenvalue weighted by molar-refractivity contribution is 0.0934. The fourth-order valence-corrected chi connectivity index (χ4v) is 1.94. The zero-order valence-corrected chi connectivity index (χ0v) is 12.5. The van der Waals surface area contributed by atoms with Crippen molar-refractivity contribution in [3.63, 3.8) is 0 Å². The molecule has 0 spiro atoms. The zero-order valence-electron chi connectivity index (χ0n) is 12.5. The molecular formula is C15H18N2O4. The summed E-state index contributed by atoms with van der Waals surface area (Å²) >= 11 is 0. The maximum atomic E-state index is 12.0. The Morgan fingerprint density at radius 3 is 2.57 bits per heavy atom. The Hall–Kier alpha value is -2.50. The van der Waals surface area contributed by atoms with Crippen LogP contribution in [-0.2, 0) is 0 Å². The molecule has 1 aromatic carbocycles. The van der Waals surface area contributed by atoms with Gasteiger partial charge in [0.1, 0.15) is 6.26 Å². The van der Waals surface area contributed by atoms with Crippen LogP contribution in [0.2, 0.25) is 0 Å². The van der Waals surface area contributed by atoms with Crippen LogP contribution in [0.25, 0.3) is 0 Å². The van der Waals surface area contributed by atoms with E-state index in [-0.39, 0.29) is 17.6 Å². The number of hydrogen-bond acceptors (Lipinski definition) is 5. The van der Waals surface area contributed by atoms with Gasteiger partial charge in [-0.25, -0.2) is 4.98 Å². The number of carbonyl (C=O) groups excluding carboxylic acids is 1. The number of ether oxygens (including phenoxy) is 2. The Labute approximate surface area is 123 Å². The van der Waals surface area contributed by atoms with Gasteiger partial charge in [-0.1, -0.05) is 6.07 Å². The molecule has 1 aromatic heterocycles. The number of aryl methyl sites for hydroxylation is 1. The van der Waals surface area contributed by atoms with Gasteiger partial charge in [-0.3, -0.25) is 4.79 Å². The number of oxazole rings is 1. The smallest absolute Gasteiger partial charge is 0.273 e. The molecule has 1 amide bonds. The van der Waals surface area contributed by atoms with Crippen LogP contribution in [0.1, 0.15) is 34.9 Å². The number of rotatable bonds is 5. The molecule has 0 saturated heterocycles. The maximum absolute atomic E-state index is 12.0. The molecule has 1 N–H and O–H groups in total. The second kappa shape index (κ2) is 6.30. The fraction of sp³-hybridized carbons (Fsp3) is 0.333. The van der Waals surface area contributed by atoms with Gasteiger partial charge in [-0.05, 0) is 24.6 Å². The lowest BCUT2D eigenvalue weighted by atomic mass is 10.1. The molecule has 0 unspecified atom stereocenters. The third-order valence-corrected chi connectivity index (χ3v) is 3.11. The van der Waals surface area contributed by atoms with E-state index in [4.69, 9.17) is 13.9 Å². The first-order valence-electron chi connectivity index (χ1n) is 6.50. The summed E-state index contributed by atoms with van der Waals surface area (Å²) in [6, 6.07) is 5.31. The number of carbonyl (C=O) groups is 1. The summed E-state index contributed by atoms with van der Waals surface area (Å²) in [5.41, 5.74) is 1.17. The van der Waals surface area contributed by atoms with E-state index >= 15 is 0 Å². The van der Waals surface area contributed by atoms with Crippen molar-refractivity contribution in [1.82, 2.24) is 10.3 Å². The average molecular weight is 290 g/mol. The van der Waals surface area contributed by atoms with Gasteiger partial charge in [0.15, 0.2) is 23.1 Å². The van der Waals surface area contributed by atoms with Crippen molar-refractivity contribution in [2.24, 2.45) is 0 Å². The minimum absolute atomic E-state index is 0.200. The van der Waals surface area contributed by atoms with Crippen molar-refractivity contribution in [3.05, 3.63) is 41.6 Å². The van der Waals surface area contributed by atoms with Crippen LogP contribution in [0.15, 0.2) is 28.9 Å². The van der Waals surface area contributed by atoms with Crippen LogP contribution in [0.3, 0.4) is 0 Å². The summed E-state index contributed by atoms with van der Waals surface area (Å²) in [5.74, 6) is 1.44. The summed E-state index contributed by atoms with van der Waals surface area (Å²) in [4.78, 5) is 16.0. The van der Waals surface area contributed by atoms with Crippen molar-refractivity contribution in [2.75, 3.05) is 14.2 Å². The van der Waals surface area contributed by atoms with Crippen LogP contribution >= 0.6 is 0 Å². The van der Waals surface area contributed by atoms with Gasteiger partial charge in [-0.2, -0.15) is 0 Å². The van der Waals surface area contributed by atoms with Crippen LogP contribution in [0.4, 0.5) is 0 Å². The summed E-state index contributed by atoms with van der Waals surface area (Å²) < 4.78 is 15.5. The van der Waals surface area contributed by atoms with Gasteiger partial charge >= 0.3 is 0 Å². The highest BCUT2D eigenvalue weighted by atomic mass is 16.5. The molecule has 0 radical (unpaired) electrons. The second-order valence-corrected chi connectivity index (χ2v) is 4.56. The van der Waals surface area contributed by atoms with Gasteiger partial charge in [0.25, 0.3) is 5.91 Å². The number of nitrogens with one attached hydrogen (secondary N) is 1. The molecule has 1 heterocycles. The summed E-state index contributed by atoms with van der Waals surface area (Å²) in [6.07, 6.45) is 1.34. The predicted octanol–water partition coefficient (Wildman–Crippen LogP) is 2.49. The van der Waals surface area contributed by atoms with Gasteiger partial charge in [0, 0.05) is 6.92 Å². The van der Waals surface area contributed by atoms with E-state index in [9.17, 15) is 4.79 Å². The fourth-order valence-electron chi connectivity index (χ4n) is 1.94. The Kier molecular flexibility index (Phi) is 4.47. The first kappa shape index (κ1) is 14.9. The van der Waals surface area contributed by atoms with E-state index in [1.165, 1.54) is 6.26 Å². The van der Waals surface area contributed by atoms with E-state index in [2.05, 4.69) is 10.3 Å². The third-order valence-electron chi connectivity index (χ3n) is 3.11. The van der Waals surface area contributed by atoms with Crippen LogP contribution < -0.4 is 14.8 Å². The Balaban J connectivity index is 2.13. The van der Waals surface area contributed by atoms with E-state index in [0.29, 0.717) is 17.4 Å².